The molecule has 3 amide bonds. The summed E-state index contributed by atoms with van der Waals surface area (Å²) in [4.78, 5) is 49.2. The lowest BCUT2D eigenvalue weighted by Gasteiger charge is -2.17. The highest BCUT2D eigenvalue weighted by Gasteiger charge is 2.25. The fourth-order valence-electron chi connectivity index (χ4n) is 3.10. The molecule has 1 heterocycles. The third-order valence-corrected chi connectivity index (χ3v) is 4.86. The highest BCUT2D eigenvalue weighted by atomic mass is 16.5. The van der Waals surface area contributed by atoms with Gasteiger partial charge in [-0.1, -0.05) is 0 Å². The molecule has 0 radical (unpaired) electrons. The van der Waals surface area contributed by atoms with Crippen molar-refractivity contribution in [3.63, 3.8) is 0 Å². The van der Waals surface area contributed by atoms with Crippen LogP contribution in [0, 0.1) is 0 Å². The zero-order chi connectivity index (χ0) is 26.2. The van der Waals surface area contributed by atoms with Gasteiger partial charge in [-0.15, -0.1) is 0 Å². The Balaban J connectivity index is 1.76. The number of benzene rings is 2. The first-order valence-corrected chi connectivity index (χ1v) is 10.7. The third-order valence-electron chi connectivity index (χ3n) is 4.86. The molecular formula is C25H25N3O8. The molecule has 11 nitrogen and oxygen atoms in total. The second kappa shape index (κ2) is 11.6. The van der Waals surface area contributed by atoms with Crippen LogP contribution in [0.25, 0.3) is 0 Å². The summed E-state index contributed by atoms with van der Waals surface area (Å²) in [6, 6.07) is 12.2. The Morgan fingerprint density at radius 2 is 1.47 bits per heavy atom. The molecule has 1 aromatic heterocycles. The monoisotopic (exact) mass is 495 g/mol. The maximum atomic E-state index is 13.0. The molecule has 1 atom stereocenters. The van der Waals surface area contributed by atoms with E-state index in [9.17, 15) is 19.2 Å². The Morgan fingerprint density at radius 3 is 2.03 bits per heavy atom. The number of ether oxygens (including phenoxy) is 3. The highest BCUT2D eigenvalue weighted by Crippen LogP contribution is 2.34. The first kappa shape index (κ1) is 25.8. The van der Waals surface area contributed by atoms with E-state index in [1.807, 2.05) is 0 Å². The number of carbonyl (C=O) groups is 4. The number of amides is 3. The Kier molecular flexibility index (Phi) is 8.29. The lowest BCUT2D eigenvalue weighted by atomic mass is 10.1. The Labute approximate surface area is 206 Å². The molecule has 188 valence electrons. The average molecular weight is 495 g/mol. The van der Waals surface area contributed by atoms with Crippen molar-refractivity contribution >= 4 is 40.8 Å². The number of anilines is 3. The molecule has 0 aliphatic heterocycles. The van der Waals surface area contributed by atoms with E-state index in [1.165, 1.54) is 52.5 Å². The minimum atomic E-state index is -1.19. The summed E-state index contributed by atoms with van der Waals surface area (Å²) >= 11 is 0. The van der Waals surface area contributed by atoms with Gasteiger partial charge < -0.3 is 34.6 Å². The van der Waals surface area contributed by atoms with Gasteiger partial charge in [-0.2, -0.15) is 0 Å². The Morgan fingerprint density at radius 1 is 0.861 bits per heavy atom. The quantitative estimate of drug-likeness (QED) is 0.381. The maximum absolute atomic E-state index is 13.0. The zero-order valence-electron chi connectivity index (χ0n) is 20.0. The summed E-state index contributed by atoms with van der Waals surface area (Å²) in [6.07, 6.45) is 0.154. The van der Waals surface area contributed by atoms with Crippen molar-refractivity contribution < 1.29 is 37.8 Å². The van der Waals surface area contributed by atoms with Crippen LogP contribution in [0.15, 0.2) is 59.2 Å². The molecule has 36 heavy (non-hydrogen) atoms. The van der Waals surface area contributed by atoms with Gasteiger partial charge in [0.1, 0.15) is 0 Å². The van der Waals surface area contributed by atoms with Gasteiger partial charge in [0.15, 0.2) is 23.4 Å². The number of hydrogen-bond acceptors (Lipinski definition) is 8. The summed E-state index contributed by atoms with van der Waals surface area (Å²) in [7, 11) is 2.80. The predicted octanol–water partition coefficient (Wildman–Crippen LogP) is 3.69. The van der Waals surface area contributed by atoms with Gasteiger partial charge in [0.2, 0.25) is 5.91 Å². The Hall–Kier alpha value is -4.80. The van der Waals surface area contributed by atoms with Gasteiger partial charge in [0, 0.05) is 30.4 Å². The number of nitrogens with one attached hydrogen (secondary N) is 3. The van der Waals surface area contributed by atoms with E-state index in [0.717, 1.165) is 0 Å². The van der Waals surface area contributed by atoms with Crippen molar-refractivity contribution in [2.75, 3.05) is 30.2 Å². The van der Waals surface area contributed by atoms with Crippen LogP contribution in [0.2, 0.25) is 0 Å². The smallest absolute Gasteiger partial charge is 0.341 e. The van der Waals surface area contributed by atoms with Gasteiger partial charge in [-0.25, -0.2) is 4.79 Å². The van der Waals surface area contributed by atoms with E-state index in [-0.39, 0.29) is 34.4 Å². The number of rotatable bonds is 9. The maximum Gasteiger partial charge on any atom is 0.341 e. The topological polar surface area (TPSA) is 145 Å². The predicted molar refractivity (Wildman–Crippen MR) is 130 cm³/mol. The molecule has 3 N–H and O–H groups in total. The number of furan rings is 1. The van der Waals surface area contributed by atoms with Crippen molar-refractivity contribution in [1.29, 1.82) is 0 Å². The minimum Gasteiger partial charge on any atom is -0.493 e. The van der Waals surface area contributed by atoms with Crippen LogP contribution in [0.4, 0.5) is 17.1 Å². The van der Waals surface area contributed by atoms with E-state index in [4.69, 9.17) is 18.6 Å². The van der Waals surface area contributed by atoms with Gasteiger partial charge in [0.25, 0.3) is 11.8 Å². The molecular weight excluding hydrogens is 470 g/mol. The normalized spacial score (nSPS) is 11.1. The van der Waals surface area contributed by atoms with E-state index < -0.39 is 23.9 Å². The fraction of sp³-hybridized carbons (Fsp3) is 0.200. The largest absolute Gasteiger partial charge is 0.493 e. The van der Waals surface area contributed by atoms with Crippen LogP contribution in [0.5, 0.6) is 11.5 Å². The van der Waals surface area contributed by atoms with Crippen molar-refractivity contribution in [3.8, 4) is 11.5 Å². The molecule has 11 heteroatoms. The van der Waals surface area contributed by atoms with E-state index >= 15 is 0 Å². The SMILES string of the molecule is COc1cc(NC(=O)c2ccco2)c(C(=O)OC(C)C(=O)Nc2ccc(NC(C)=O)cc2)cc1OC. The lowest BCUT2D eigenvalue weighted by Crippen LogP contribution is -2.30. The van der Waals surface area contributed by atoms with Crippen molar-refractivity contribution in [3.05, 3.63) is 66.1 Å². The highest BCUT2D eigenvalue weighted by molar-refractivity contribution is 6.07. The van der Waals surface area contributed by atoms with Gasteiger partial charge in [0.05, 0.1) is 31.7 Å². The first-order chi connectivity index (χ1) is 17.2. The van der Waals surface area contributed by atoms with E-state index in [2.05, 4.69) is 16.0 Å². The molecule has 0 spiro atoms. The molecule has 0 saturated heterocycles. The van der Waals surface area contributed by atoms with Gasteiger partial charge in [-0.05, 0) is 43.3 Å². The molecule has 0 aliphatic carbocycles. The standard InChI is InChI=1S/C25H25N3O8/c1-14(23(30)27-17-9-7-16(8-10-17)26-15(2)29)36-25(32)18-12-21(33-3)22(34-4)13-19(18)28-24(31)20-6-5-11-35-20/h5-14H,1-4H3,(H,26,29)(H,27,30)(H,28,31). The molecule has 3 rings (SSSR count). The molecule has 0 saturated carbocycles. The molecule has 0 aliphatic rings. The van der Waals surface area contributed by atoms with Crippen LogP contribution in [0.1, 0.15) is 34.8 Å². The second-order valence-corrected chi connectivity index (χ2v) is 7.48. The fourth-order valence-corrected chi connectivity index (χ4v) is 3.10. The summed E-state index contributed by atoms with van der Waals surface area (Å²) in [5.41, 5.74) is 1.01. The number of methoxy groups -OCH3 is 2. The van der Waals surface area contributed by atoms with Gasteiger partial charge >= 0.3 is 5.97 Å². The number of carbonyl (C=O) groups excluding carboxylic acids is 4. The zero-order valence-corrected chi connectivity index (χ0v) is 20.0. The summed E-state index contributed by atoms with van der Waals surface area (Å²) < 4.78 is 21.0. The van der Waals surface area contributed by atoms with Crippen LogP contribution in [-0.4, -0.2) is 44.0 Å². The van der Waals surface area contributed by atoms with E-state index in [1.54, 1.807) is 30.3 Å². The molecule has 1 unspecified atom stereocenters. The second-order valence-electron chi connectivity index (χ2n) is 7.48. The van der Waals surface area contributed by atoms with Crippen LogP contribution < -0.4 is 25.4 Å². The first-order valence-electron chi connectivity index (χ1n) is 10.7. The third kappa shape index (κ3) is 6.41. The average Bonchev–Trinajstić information content (AvgIpc) is 3.39. The van der Waals surface area contributed by atoms with Gasteiger partial charge in [-0.3, -0.25) is 14.4 Å². The van der Waals surface area contributed by atoms with Crippen LogP contribution in [-0.2, 0) is 14.3 Å². The van der Waals surface area contributed by atoms with Crippen molar-refractivity contribution in [2.24, 2.45) is 0 Å². The summed E-state index contributed by atoms with van der Waals surface area (Å²) in [5, 5.41) is 7.83. The number of esters is 1. The van der Waals surface area contributed by atoms with Crippen LogP contribution in [0.3, 0.4) is 0 Å². The summed E-state index contributed by atoms with van der Waals surface area (Å²) in [6.45, 7) is 2.79. The van der Waals surface area contributed by atoms with Crippen molar-refractivity contribution in [2.45, 2.75) is 20.0 Å². The molecule has 3 aromatic rings. The Bertz CT molecular complexity index is 1250. The van der Waals surface area contributed by atoms with Crippen molar-refractivity contribution in [1.82, 2.24) is 0 Å². The number of hydrogen-bond donors (Lipinski definition) is 3. The summed E-state index contributed by atoms with van der Waals surface area (Å²) in [5.74, 6) is -1.78. The van der Waals surface area contributed by atoms with E-state index in [0.29, 0.717) is 11.4 Å². The molecule has 0 bridgehead atoms. The molecule has 2 aromatic carbocycles. The molecule has 0 fully saturated rings. The minimum absolute atomic E-state index is 0.0290. The van der Waals surface area contributed by atoms with Crippen LogP contribution >= 0.6 is 0 Å². The lowest BCUT2D eigenvalue weighted by molar-refractivity contribution is -0.123.